The highest BCUT2D eigenvalue weighted by molar-refractivity contribution is 7.32. The Morgan fingerprint density at radius 3 is 2.21 bits per heavy atom. The molecule has 0 aliphatic rings. The van der Waals surface area contributed by atoms with Gasteiger partial charge in [0.2, 0.25) is 0 Å². The maximum atomic E-state index is 13.5. The molecule has 0 heterocycles. The fourth-order valence-electron chi connectivity index (χ4n) is 1.95. The molecule has 4 nitrogen and oxygen atoms in total. The molecule has 2 N–H and O–H groups in total. The quantitative estimate of drug-likeness (QED) is 0.407. The SMILES string of the molecule is CC(C)=CCCC(C)=CCCC(C)=CC(O)C(F)(F)CO[PH](=O)O. The van der Waals surface area contributed by atoms with Gasteiger partial charge in [-0.05, 0) is 53.4 Å². The molecule has 0 aromatic carbocycles. The highest BCUT2D eigenvalue weighted by atomic mass is 31.1. The van der Waals surface area contributed by atoms with Crippen molar-refractivity contribution in [2.75, 3.05) is 6.61 Å². The van der Waals surface area contributed by atoms with Crippen LogP contribution in [0.3, 0.4) is 0 Å². The van der Waals surface area contributed by atoms with Crippen LogP contribution in [0.25, 0.3) is 0 Å². The van der Waals surface area contributed by atoms with Crippen LogP contribution >= 0.6 is 8.25 Å². The van der Waals surface area contributed by atoms with E-state index in [1.165, 1.54) is 11.1 Å². The van der Waals surface area contributed by atoms with Gasteiger partial charge in [0.15, 0.2) is 0 Å². The molecule has 0 bridgehead atoms. The fourth-order valence-corrected chi connectivity index (χ4v) is 2.27. The van der Waals surface area contributed by atoms with Crippen molar-refractivity contribution in [3.63, 3.8) is 0 Å². The van der Waals surface area contributed by atoms with Crippen molar-refractivity contribution in [3.8, 4) is 0 Å². The molecule has 0 fully saturated rings. The Hall–Kier alpha value is -0.810. The average Bonchev–Trinajstić information content (AvgIpc) is 2.44. The van der Waals surface area contributed by atoms with Crippen molar-refractivity contribution < 1.29 is 27.9 Å². The molecule has 2 unspecified atom stereocenters. The second-order valence-electron chi connectivity index (χ2n) is 6.18. The Morgan fingerprint density at radius 1 is 1.12 bits per heavy atom. The zero-order valence-electron chi connectivity index (χ0n) is 14.8. The van der Waals surface area contributed by atoms with E-state index in [1.807, 2.05) is 6.92 Å². The van der Waals surface area contributed by atoms with Gasteiger partial charge in [0.05, 0.1) is 0 Å². The normalized spacial score (nSPS) is 16.0. The summed E-state index contributed by atoms with van der Waals surface area (Å²) in [5, 5.41) is 9.54. The molecule has 0 aromatic rings. The van der Waals surface area contributed by atoms with Crippen LogP contribution in [-0.2, 0) is 9.09 Å². The summed E-state index contributed by atoms with van der Waals surface area (Å²) >= 11 is 0. The Bertz CT molecular complexity index is 495. The summed E-state index contributed by atoms with van der Waals surface area (Å²) in [6.45, 7) is 6.53. The Morgan fingerprint density at radius 2 is 1.67 bits per heavy atom. The van der Waals surface area contributed by atoms with Gasteiger partial charge in [-0.25, -0.2) is 8.78 Å². The molecular formula is C17H29F2O4P. The minimum atomic E-state index is -3.60. The number of aliphatic hydroxyl groups is 1. The van der Waals surface area contributed by atoms with Crippen LogP contribution in [0.2, 0.25) is 0 Å². The monoisotopic (exact) mass is 366 g/mol. The lowest BCUT2D eigenvalue weighted by atomic mass is 10.0. The Labute approximate surface area is 143 Å². The molecule has 0 aromatic heterocycles. The van der Waals surface area contributed by atoms with E-state index in [1.54, 1.807) is 6.92 Å². The van der Waals surface area contributed by atoms with Gasteiger partial charge in [0, 0.05) is 0 Å². The number of rotatable bonds is 11. The second-order valence-corrected chi connectivity index (χ2v) is 7.00. The minimum Gasteiger partial charge on any atom is -0.383 e. The smallest absolute Gasteiger partial charge is 0.316 e. The predicted molar refractivity (Wildman–Crippen MR) is 93.5 cm³/mol. The summed E-state index contributed by atoms with van der Waals surface area (Å²) in [5.74, 6) is -3.60. The molecule has 0 aliphatic carbocycles. The van der Waals surface area contributed by atoms with E-state index in [9.17, 15) is 18.5 Å². The molecular weight excluding hydrogens is 337 g/mol. The highest BCUT2D eigenvalue weighted by Gasteiger charge is 2.38. The molecule has 0 spiro atoms. The van der Waals surface area contributed by atoms with Crippen molar-refractivity contribution in [1.29, 1.82) is 0 Å². The van der Waals surface area contributed by atoms with Crippen LogP contribution in [0, 0.1) is 0 Å². The molecule has 7 heteroatoms. The van der Waals surface area contributed by atoms with Crippen LogP contribution in [0.1, 0.15) is 53.4 Å². The van der Waals surface area contributed by atoms with Crippen molar-refractivity contribution in [3.05, 3.63) is 34.9 Å². The van der Waals surface area contributed by atoms with E-state index in [0.717, 1.165) is 18.9 Å². The van der Waals surface area contributed by atoms with Gasteiger partial charge in [-0.1, -0.05) is 34.9 Å². The fraction of sp³-hybridized carbons (Fsp3) is 0.647. The zero-order valence-corrected chi connectivity index (χ0v) is 15.8. The van der Waals surface area contributed by atoms with Gasteiger partial charge in [0.25, 0.3) is 5.92 Å². The first kappa shape index (κ1) is 23.2. The van der Waals surface area contributed by atoms with E-state index in [0.29, 0.717) is 18.4 Å². The summed E-state index contributed by atoms with van der Waals surface area (Å²) in [6.07, 6.45) is 6.49. The van der Waals surface area contributed by atoms with Gasteiger partial charge >= 0.3 is 8.25 Å². The van der Waals surface area contributed by atoms with Gasteiger partial charge in [0.1, 0.15) is 12.7 Å². The topological polar surface area (TPSA) is 66.8 Å². The predicted octanol–water partition coefficient (Wildman–Crippen LogP) is 4.80. The van der Waals surface area contributed by atoms with E-state index in [4.69, 9.17) is 4.89 Å². The summed E-state index contributed by atoms with van der Waals surface area (Å²) in [4.78, 5) is 8.42. The third-order valence-electron chi connectivity index (χ3n) is 3.39. The van der Waals surface area contributed by atoms with Crippen molar-refractivity contribution in [2.45, 2.75) is 65.4 Å². The van der Waals surface area contributed by atoms with Crippen LogP contribution in [0.5, 0.6) is 0 Å². The first-order chi connectivity index (χ1) is 11.0. The van der Waals surface area contributed by atoms with Crippen molar-refractivity contribution >= 4 is 8.25 Å². The molecule has 140 valence electrons. The number of hydrogen-bond donors (Lipinski definition) is 2. The lowest BCUT2D eigenvalue weighted by Crippen LogP contribution is -2.36. The van der Waals surface area contributed by atoms with Crippen LogP contribution < -0.4 is 0 Å². The summed E-state index contributed by atoms with van der Waals surface area (Å²) in [6, 6.07) is 0. The molecule has 2 atom stereocenters. The van der Waals surface area contributed by atoms with Gasteiger partial charge in [-0.15, -0.1) is 0 Å². The molecule has 0 saturated carbocycles. The molecule has 0 rings (SSSR count). The second kappa shape index (κ2) is 11.7. The van der Waals surface area contributed by atoms with Gasteiger partial charge in [-0.2, -0.15) is 0 Å². The highest BCUT2D eigenvalue weighted by Crippen LogP contribution is 2.26. The maximum absolute atomic E-state index is 13.5. The van der Waals surface area contributed by atoms with Crippen molar-refractivity contribution in [2.24, 2.45) is 0 Å². The zero-order chi connectivity index (χ0) is 18.8. The molecule has 0 saturated heterocycles. The minimum absolute atomic E-state index is 0.560. The van der Waals surface area contributed by atoms with E-state index >= 15 is 0 Å². The third kappa shape index (κ3) is 11.7. The van der Waals surface area contributed by atoms with Crippen LogP contribution in [0.4, 0.5) is 8.78 Å². The largest absolute Gasteiger partial charge is 0.383 e. The Balaban J connectivity index is 4.38. The molecule has 24 heavy (non-hydrogen) atoms. The molecule has 0 aliphatic heterocycles. The standard InChI is InChI=1S/C17H29F2O4P/c1-13(2)7-5-8-14(3)9-6-10-15(4)11-16(20)17(18,19)12-23-24(21)22/h7,9,11,16,20,24H,5-6,8,10,12H2,1-4H3,(H,21,22). The molecule has 0 radical (unpaired) electrons. The van der Waals surface area contributed by atoms with Crippen molar-refractivity contribution in [1.82, 2.24) is 0 Å². The number of hydrogen-bond acceptors (Lipinski definition) is 3. The van der Waals surface area contributed by atoms with Crippen LogP contribution in [-0.4, -0.2) is 28.6 Å². The molecule has 0 amide bonds. The Kier molecular flexibility index (Phi) is 11.3. The number of allylic oxidation sites excluding steroid dienone is 5. The lowest BCUT2D eigenvalue weighted by molar-refractivity contribution is -0.112. The van der Waals surface area contributed by atoms with E-state index in [-0.39, 0.29) is 0 Å². The first-order valence-electron chi connectivity index (χ1n) is 7.92. The van der Waals surface area contributed by atoms with Crippen LogP contribution in [0.15, 0.2) is 34.9 Å². The maximum Gasteiger partial charge on any atom is 0.316 e. The lowest BCUT2D eigenvalue weighted by Gasteiger charge is -2.19. The summed E-state index contributed by atoms with van der Waals surface area (Å²) < 4.78 is 41.4. The van der Waals surface area contributed by atoms with E-state index in [2.05, 4.69) is 30.5 Å². The van der Waals surface area contributed by atoms with Gasteiger partial charge < -0.3 is 14.5 Å². The average molecular weight is 366 g/mol. The first-order valence-corrected chi connectivity index (χ1v) is 9.19. The van der Waals surface area contributed by atoms with E-state index < -0.39 is 26.9 Å². The third-order valence-corrected chi connectivity index (χ3v) is 3.78. The number of aliphatic hydroxyl groups excluding tert-OH is 1. The summed E-state index contributed by atoms with van der Waals surface area (Å²) in [5.41, 5.74) is 3.16. The number of alkyl halides is 2. The summed E-state index contributed by atoms with van der Waals surface area (Å²) in [7, 11) is -3.44. The van der Waals surface area contributed by atoms with Gasteiger partial charge in [-0.3, -0.25) is 4.57 Å². The number of halogens is 2.